The Bertz CT molecular complexity index is 371. The molecule has 0 saturated heterocycles. The Hall–Kier alpha value is -0.640. The smallest absolute Gasteiger partial charge is 0.195 e. The first kappa shape index (κ1) is 10.9. The fraction of sp³-hybridized carbons (Fsp3) is 0.818. The van der Waals surface area contributed by atoms with Crippen LogP contribution in [0.15, 0.2) is 0 Å². The molecule has 0 amide bonds. The first-order chi connectivity index (χ1) is 7.18. The molecule has 0 unspecified atom stereocenters. The number of hydrogen-bond donors (Lipinski definition) is 1. The monoisotopic (exact) mass is 225 g/mol. The molecule has 1 saturated carbocycles. The van der Waals surface area contributed by atoms with Gasteiger partial charge in [0.2, 0.25) is 0 Å². The third-order valence-corrected chi connectivity index (χ3v) is 3.53. The fourth-order valence-electron chi connectivity index (χ4n) is 2.49. The predicted octanol–water partition coefficient (Wildman–Crippen LogP) is 3.25. The lowest BCUT2D eigenvalue weighted by molar-refractivity contribution is 0.487. The summed E-state index contributed by atoms with van der Waals surface area (Å²) in [5, 5.41) is 7.25. The third-order valence-electron chi connectivity index (χ3n) is 3.24. The Balaban J connectivity index is 2.16. The Labute approximate surface area is 95.9 Å². The van der Waals surface area contributed by atoms with Crippen LogP contribution < -0.4 is 0 Å². The van der Waals surface area contributed by atoms with Crippen molar-refractivity contribution < 1.29 is 0 Å². The molecule has 0 aromatic carbocycles. The number of H-pyrrole nitrogens is 1. The minimum absolute atomic E-state index is 0.410. The average molecular weight is 225 g/mol. The Kier molecular flexibility index (Phi) is 3.24. The number of hydrogen-bond acceptors (Lipinski definition) is 2. The van der Waals surface area contributed by atoms with E-state index in [4.69, 9.17) is 12.2 Å². The molecule has 1 aromatic rings. The van der Waals surface area contributed by atoms with Gasteiger partial charge in [0.15, 0.2) is 4.77 Å². The molecule has 2 rings (SSSR count). The van der Waals surface area contributed by atoms with Crippen molar-refractivity contribution in [1.29, 1.82) is 0 Å². The maximum atomic E-state index is 5.23. The summed E-state index contributed by atoms with van der Waals surface area (Å²) < 4.78 is 2.91. The van der Waals surface area contributed by atoms with Gasteiger partial charge < -0.3 is 4.57 Å². The van der Waals surface area contributed by atoms with Gasteiger partial charge in [0.05, 0.1) is 0 Å². The zero-order valence-electron chi connectivity index (χ0n) is 9.49. The summed E-state index contributed by atoms with van der Waals surface area (Å²) in [5.74, 6) is 1.97. The molecule has 1 aromatic heterocycles. The standard InChI is InChI=1S/C11H19N3S/c1-8(2)14-10(12-13-11(14)15)7-9-5-3-4-6-9/h8-9H,3-7H2,1-2H3,(H,13,15). The van der Waals surface area contributed by atoms with Gasteiger partial charge in [0.1, 0.15) is 5.82 Å². The summed E-state index contributed by atoms with van der Waals surface area (Å²) in [6.45, 7) is 4.31. The number of nitrogens with zero attached hydrogens (tertiary/aromatic N) is 2. The van der Waals surface area contributed by atoms with Gasteiger partial charge in [-0.1, -0.05) is 25.7 Å². The molecule has 1 heterocycles. The van der Waals surface area contributed by atoms with Crippen molar-refractivity contribution in [3.8, 4) is 0 Å². The van der Waals surface area contributed by atoms with E-state index in [1.807, 2.05) is 0 Å². The lowest BCUT2D eigenvalue weighted by atomic mass is 10.0. The van der Waals surface area contributed by atoms with E-state index in [1.165, 1.54) is 25.7 Å². The van der Waals surface area contributed by atoms with Gasteiger partial charge >= 0.3 is 0 Å². The van der Waals surface area contributed by atoms with Crippen LogP contribution in [-0.2, 0) is 6.42 Å². The van der Waals surface area contributed by atoms with Crippen molar-refractivity contribution in [3.05, 3.63) is 10.6 Å². The maximum absolute atomic E-state index is 5.23. The second-order valence-electron chi connectivity index (χ2n) is 4.76. The molecule has 1 aliphatic rings. The molecule has 0 spiro atoms. The highest BCUT2D eigenvalue weighted by molar-refractivity contribution is 7.71. The van der Waals surface area contributed by atoms with Crippen LogP contribution in [0, 0.1) is 10.7 Å². The van der Waals surface area contributed by atoms with Crippen molar-refractivity contribution in [2.24, 2.45) is 5.92 Å². The zero-order valence-corrected chi connectivity index (χ0v) is 10.3. The van der Waals surface area contributed by atoms with Crippen LogP contribution in [0.4, 0.5) is 0 Å². The van der Waals surface area contributed by atoms with Crippen molar-refractivity contribution in [2.75, 3.05) is 0 Å². The number of aromatic amines is 1. The normalized spacial score (nSPS) is 17.8. The van der Waals surface area contributed by atoms with Crippen LogP contribution in [0.25, 0.3) is 0 Å². The summed E-state index contributed by atoms with van der Waals surface area (Å²) in [6.07, 6.45) is 6.58. The highest BCUT2D eigenvalue weighted by atomic mass is 32.1. The molecule has 1 fully saturated rings. The second kappa shape index (κ2) is 4.47. The first-order valence-electron chi connectivity index (χ1n) is 5.84. The topological polar surface area (TPSA) is 33.6 Å². The van der Waals surface area contributed by atoms with Gasteiger partial charge in [0, 0.05) is 12.5 Å². The number of aromatic nitrogens is 3. The van der Waals surface area contributed by atoms with Crippen molar-refractivity contribution >= 4 is 12.2 Å². The van der Waals surface area contributed by atoms with E-state index in [-0.39, 0.29) is 0 Å². The Morgan fingerprint density at radius 1 is 1.47 bits per heavy atom. The molecular formula is C11H19N3S. The van der Waals surface area contributed by atoms with Crippen LogP contribution in [0.2, 0.25) is 0 Å². The maximum Gasteiger partial charge on any atom is 0.195 e. The van der Waals surface area contributed by atoms with Crippen molar-refractivity contribution in [3.63, 3.8) is 0 Å². The van der Waals surface area contributed by atoms with Crippen LogP contribution in [-0.4, -0.2) is 14.8 Å². The van der Waals surface area contributed by atoms with Gasteiger partial charge in [-0.15, -0.1) is 0 Å². The quantitative estimate of drug-likeness (QED) is 0.801. The highest BCUT2D eigenvalue weighted by Gasteiger charge is 2.19. The molecule has 84 valence electrons. The molecule has 15 heavy (non-hydrogen) atoms. The molecule has 0 aliphatic heterocycles. The molecule has 0 atom stereocenters. The second-order valence-corrected chi connectivity index (χ2v) is 5.15. The SMILES string of the molecule is CC(C)n1c(CC2CCCC2)n[nH]c1=S. The van der Waals surface area contributed by atoms with Gasteiger partial charge in [-0.3, -0.25) is 5.10 Å². The molecule has 1 aliphatic carbocycles. The van der Waals surface area contributed by atoms with Gasteiger partial charge in [-0.2, -0.15) is 5.10 Å². The number of rotatable bonds is 3. The summed E-state index contributed by atoms with van der Waals surface area (Å²) in [5.41, 5.74) is 0. The Morgan fingerprint density at radius 3 is 2.73 bits per heavy atom. The van der Waals surface area contributed by atoms with Crippen LogP contribution in [0.5, 0.6) is 0 Å². The lowest BCUT2D eigenvalue weighted by Crippen LogP contribution is -2.10. The average Bonchev–Trinajstić information content (AvgIpc) is 2.76. The van der Waals surface area contributed by atoms with Crippen molar-refractivity contribution in [1.82, 2.24) is 14.8 Å². The minimum atomic E-state index is 0.410. The van der Waals surface area contributed by atoms with E-state index in [9.17, 15) is 0 Å². The summed E-state index contributed by atoms with van der Waals surface area (Å²) in [6, 6.07) is 0.410. The Morgan fingerprint density at radius 2 is 2.13 bits per heavy atom. The predicted molar refractivity (Wildman–Crippen MR) is 63.5 cm³/mol. The zero-order chi connectivity index (χ0) is 10.8. The first-order valence-corrected chi connectivity index (χ1v) is 6.25. The van der Waals surface area contributed by atoms with E-state index in [0.29, 0.717) is 6.04 Å². The summed E-state index contributed by atoms with van der Waals surface area (Å²) >= 11 is 5.23. The third kappa shape index (κ3) is 2.30. The van der Waals surface area contributed by atoms with E-state index in [1.54, 1.807) is 0 Å². The molecule has 0 bridgehead atoms. The minimum Gasteiger partial charge on any atom is -0.302 e. The lowest BCUT2D eigenvalue weighted by Gasteiger charge is -2.13. The van der Waals surface area contributed by atoms with E-state index in [0.717, 1.165) is 22.9 Å². The van der Waals surface area contributed by atoms with E-state index < -0.39 is 0 Å². The number of nitrogens with one attached hydrogen (secondary N) is 1. The van der Waals surface area contributed by atoms with Crippen molar-refractivity contribution in [2.45, 2.75) is 52.0 Å². The van der Waals surface area contributed by atoms with Crippen LogP contribution in [0.1, 0.15) is 51.4 Å². The summed E-state index contributed by atoms with van der Waals surface area (Å²) in [4.78, 5) is 0. The molecule has 1 N–H and O–H groups in total. The van der Waals surface area contributed by atoms with Gasteiger partial charge in [-0.25, -0.2) is 0 Å². The molecule has 4 heteroatoms. The van der Waals surface area contributed by atoms with Gasteiger partial charge in [-0.05, 0) is 32.0 Å². The van der Waals surface area contributed by atoms with E-state index >= 15 is 0 Å². The largest absolute Gasteiger partial charge is 0.302 e. The summed E-state index contributed by atoms with van der Waals surface area (Å²) in [7, 11) is 0. The molecule has 0 radical (unpaired) electrons. The highest BCUT2D eigenvalue weighted by Crippen LogP contribution is 2.28. The molecule has 3 nitrogen and oxygen atoms in total. The van der Waals surface area contributed by atoms with Gasteiger partial charge in [0.25, 0.3) is 0 Å². The van der Waals surface area contributed by atoms with E-state index in [2.05, 4.69) is 28.6 Å². The molecular weight excluding hydrogens is 206 g/mol. The van der Waals surface area contributed by atoms with Crippen LogP contribution >= 0.6 is 12.2 Å². The fourth-order valence-corrected chi connectivity index (χ4v) is 2.85. The van der Waals surface area contributed by atoms with Crippen LogP contribution in [0.3, 0.4) is 0 Å².